The maximum Gasteiger partial charge on any atom is 0.312 e. The number of carbonyl (C=O) groups excluding carboxylic acids is 1. The van der Waals surface area contributed by atoms with Crippen LogP contribution in [0.25, 0.3) is 0 Å². The van der Waals surface area contributed by atoms with Crippen LogP contribution in [0.15, 0.2) is 47.4 Å². The number of ether oxygens (including phenoxy) is 1. The summed E-state index contributed by atoms with van der Waals surface area (Å²) in [5.74, 6) is -0.162. The quantitative estimate of drug-likeness (QED) is 0.542. The van der Waals surface area contributed by atoms with Crippen LogP contribution >= 0.6 is 0 Å². The Labute approximate surface area is 168 Å². The van der Waals surface area contributed by atoms with Crippen molar-refractivity contribution in [2.45, 2.75) is 11.8 Å². The molecule has 0 aromatic heterocycles. The van der Waals surface area contributed by atoms with E-state index in [1.807, 2.05) is 19.1 Å². The lowest BCUT2D eigenvalue weighted by Crippen LogP contribution is -2.50. The highest BCUT2D eigenvalue weighted by atomic mass is 32.2. The average molecular weight is 419 g/mol. The Hall–Kier alpha value is -2.98. The van der Waals surface area contributed by atoms with Crippen molar-refractivity contribution in [2.24, 2.45) is 0 Å². The molecule has 1 aliphatic heterocycles. The second kappa shape index (κ2) is 8.18. The normalized spacial score (nSPS) is 15.2. The Balaban J connectivity index is 1.74. The van der Waals surface area contributed by atoms with Gasteiger partial charge in [-0.1, -0.05) is 17.7 Å². The van der Waals surface area contributed by atoms with Gasteiger partial charge in [0.05, 0.1) is 16.9 Å². The highest BCUT2D eigenvalue weighted by molar-refractivity contribution is 7.89. The first kappa shape index (κ1) is 20.7. The van der Waals surface area contributed by atoms with E-state index in [0.29, 0.717) is 5.56 Å². The summed E-state index contributed by atoms with van der Waals surface area (Å²) in [5.41, 5.74) is 1.19. The minimum absolute atomic E-state index is 0.0116. The minimum atomic E-state index is -3.93. The summed E-state index contributed by atoms with van der Waals surface area (Å²) in [6.07, 6.45) is 0. The lowest BCUT2D eigenvalue weighted by atomic mass is 10.1. The van der Waals surface area contributed by atoms with Gasteiger partial charge in [-0.3, -0.25) is 14.9 Å². The molecule has 1 aliphatic rings. The molecule has 10 heteroatoms. The smallest absolute Gasteiger partial charge is 0.312 e. The summed E-state index contributed by atoms with van der Waals surface area (Å²) in [6, 6.07) is 10.7. The molecule has 1 amide bonds. The van der Waals surface area contributed by atoms with Crippen molar-refractivity contribution < 1.29 is 22.9 Å². The second-order valence-corrected chi connectivity index (χ2v) is 8.59. The Morgan fingerprint density at radius 1 is 1.07 bits per heavy atom. The largest absolute Gasteiger partial charge is 0.490 e. The van der Waals surface area contributed by atoms with Crippen LogP contribution in [0.3, 0.4) is 0 Å². The number of hydrogen-bond acceptors (Lipinski definition) is 6. The fraction of sp³-hybridized carbons (Fsp3) is 0.316. The van der Waals surface area contributed by atoms with Crippen LogP contribution in [0, 0.1) is 17.0 Å². The van der Waals surface area contributed by atoms with Crippen LogP contribution in [-0.2, 0) is 10.0 Å². The first-order valence-electron chi connectivity index (χ1n) is 8.92. The van der Waals surface area contributed by atoms with Gasteiger partial charge in [0.25, 0.3) is 5.91 Å². The topological polar surface area (TPSA) is 110 Å². The zero-order valence-corrected chi connectivity index (χ0v) is 16.9. The second-order valence-electron chi connectivity index (χ2n) is 6.65. The lowest BCUT2D eigenvalue weighted by molar-refractivity contribution is -0.386. The molecule has 29 heavy (non-hydrogen) atoms. The van der Waals surface area contributed by atoms with Gasteiger partial charge in [0.15, 0.2) is 5.75 Å². The summed E-state index contributed by atoms with van der Waals surface area (Å²) in [6.45, 7) is 2.63. The molecule has 0 aliphatic carbocycles. The Kier molecular flexibility index (Phi) is 5.85. The number of hydrogen-bond donors (Lipinski definition) is 0. The van der Waals surface area contributed by atoms with Crippen LogP contribution < -0.4 is 4.74 Å². The number of benzene rings is 2. The standard InChI is InChI=1S/C19H21N3O6S/c1-14-3-5-15(6-4-14)19(23)20-9-11-21(12-10-20)29(26,27)16-7-8-18(28-2)17(13-16)22(24)25/h3-8,13H,9-12H2,1-2H3. The third-order valence-corrected chi connectivity index (χ3v) is 6.70. The molecule has 0 unspecified atom stereocenters. The van der Waals surface area contributed by atoms with Crippen molar-refractivity contribution in [3.63, 3.8) is 0 Å². The number of nitro benzene ring substituents is 1. The zero-order valence-electron chi connectivity index (χ0n) is 16.1. The van der Waals surface area contributed by atoms with Gasteiger partial charge in [0.2, 0.25) is 10.0 Å². The highest BCUT2D eigenvalue weighted by Crippen LogP contribution is 2.30. The van der Waals surface area contributed by atoms with Crippen molar-refractivity contribution in [1.82, 2.24) is 9.21 Å². The Morgan fingerprint density at radius 3 is 2.24 bits per heavy atom. The van der Waals surface area contributed by atoms with Gasteiger partial charge in [-0.25, -0.2) is 8.42 Å². The summed E-state index contributed by atoms with van der Waals surface area (Å²) >= 11 is 0. The molecular formula is C19H21N3O6S. The molecule has 2 aromatic rings. The van der Waals surface area contributed by atoms with Crippen LogP contribution in [0.1, 0.15) is 15.9 Å². The van der Waals surface area contributed by atoms with Crippen molar-refractivity contribution >= 4 is 21.6 Å². The molecule has 0 atom stereocenters. The first-order valence-corrected chi connectivity index (χ1v) is 10.4. The van der Waals surface area contributed by atoms with Crippen LogP contribution in [0.5, 0.6) is 5.75 Å². The molecule has 2 aromatic carbocycles. The molecule has 1 heterocycles. The molecule has 0 spiro atoms. The molecule has 154 valence electrons. The van der Waals surface area contributed by atoms with E-state index in [9.17, 15) is 23.3 Å². The fourth-order valence-electron chi connectivity index (χ4n) is 3.13. The van der Waals surface area contributed by atoms with E-state index in [2.05, 4.69) is 0 Å². The van der Waals surface area contributed by atoms with Gasteiger partial charge in [0.1, 0.15) is 0 Å². The van der Waals surface area contributed by atoms with E-state index >= 15 is 0 Å². The number of amides is 1. The number of rotatable bonds is 5. The number of aryl methyl sites for hydroxylation is 1. The summed E-state index contributed by atoms with van der Waals surface area (Å²) < 4.78 is 32.0. The van der Waals surface area contributed by atoms with Gasteiger partial charge in [0, 0.05) is 37.8 Å². The van der Waals surface area contributed by atoms with Gasteiger partial charge in [-0.2, -0.15) is 4.31 Å². The molecule has 9 nitrogen and oxygen atoms in total. The number of piperazine rings is 1. The van der Waals surface area contributed by atoms with Crippen LogP contribution in [-0.4, -0.2) is 61.7 Å². The van der Waals surface area contributed by atoms with Crippen molar-refractivity contribution in [1.29, 1.82) is 0 Å². The van der Waals surface area contributed by atoms with E-state index in [-0.39, 0.29) is 42.7 Å². The summed E-state index contributed by atoms with van der Waals surface area (Å²) in [4.78, 5) is 24.5. The fourth-order valence-corrected chi connectivity index (χ4v) is 4.57. The first-order chi connectivity index (χ1) is 13.7. The number of sulfonamides is 1. The average Bonchev–Trinajstić information content (AvgIpc) is 2.73. The number of nitrogens with zero attached hydrogens (tertiary/aromatic N) is 3. The van der Waals surface area contributed by atoms with Gasteiger partial charge < -0.3 is 9.64 Å². The van der Waals surface area contributed by atoms with Crippen molar-refractivity contribution in [2.75, 3.05) is 33.3 Å². The number of carbonyl (C=O) groups is 1. The molecule has 0 bridgehead atoms. The Morgan fingerprint density at radius 2 is 1.69 bits per heavy atom. The van der Waals surface area contributed by atoms with E-state index < -0.39 is 20.6 Å². The summed E-state index contributed by atoms with van der Waals surface area (Å²) in [5, 5.41) is 11.2. The maximum absolute atomic E-state index is 12.9. The molecular weight excluding hydrogens is 398 g/mol. The van der Waals surface area contributed by atoms with E-state index in [4.69, 9.17) is 4.74 Å². The molecule has 0 saturated carbocycles. The maximum atomic E-state index is 12.9. The summed E-state index contributed by atoms with van der Waals surface area (Å²) in [7, 11) is -2.65. The lowest BCUT2D eigenvalue weighted by Gasteiger charge is -2.34. The SMILES string of the molecule is COc1ccc(S(=O)(=O)N2CCN(C(=O)c3ccc(C)cc3)CC2)cc1[N+](=O)[O-]. The predicted molar refractivity (Wildman–Crippen MR) is 105 cm³/mol. The van der Waals surface area contributed by atoms with E-state index in [1.165, 1.54) is 23.5 Å². The zero-order chi connectivity index (χ0) is 21.2. The minimum Gasteiger partial charge on any atom is -0.490 e. The number of methoxy groups -OCH3 is 1. The van der Waals surface area contributed by atoms with Crippen LogP contribution in [0.2, 0.25) is 0 Å². The van der Waals surface area contributed by atoms with Crippen molar-refractivity contribution in [3.8, 4) is 5.75 Å². The van der Waals surface area contributed by atoms with Gasteiger partial charge in [-0.15, -0.1) is 0 Å². The van der Waals surface area contributed by atoms with Crippen molar-refractivity contribution in [3.05, 3.63) is 63.7 Å². The molecule has 1 saturated heterocycles. The molecule has 3 rings (SSSR count). The molecule has 0 radical (unpaired) electrons. The number of nitro groups is 1. The Bertz CT molecular complexity index is 1030. The molecule has 0 N–H and O–H groups in total. The van der Waals surface area contributed by atoms with Gasteiger partial charge >= 0.3 is 5.69 Å². The van der Waals surface area contributed by atoms with E-state index in [1.54, 1.807) is 17.0 Å². The van der Waals surface area contributed by atoms with Crippen LogP contribution in [0.4, 0.5) is 5.69 Å². The third kappa shape index (κ3) is 4.22. The monoisotopic (exact) mass is 419 g/mol. The third-order valence-electron chi connectivity index (χ3n) is 4.81. The predicted octanol–water partition coefficient (Wildman–Crippen LogP) is 2.06. The van der Waals surface area contributed by atoms with E-state index in [0.717, 1.165) is 11.6 Å². The van der Waals surface area contributed by atoms with Gasteiger partial charge in [-0.05, 0) is 31.2 Å². The molecule has 1 fully saturated rings. The highest BCUT2D eigenvalue weighted by Gasteiger charge is 2.32.